The summed E-state index contributed by atoms with van der Waals surface area (Å²) in [5, 5.41) is 3.02. The molecule has 3 amide bonds. The monoisotopic (exact) mass is 520 g/mol. The summed E-state index contributed by atoms with van der Waals surface area (Å²) in [7, 11) is 3.83. The number of nitrogens with zero attached hydrogens (tertiary/aromatic N) is 3. The van der Waals surface area contributed by atoms with Crippen LogP contribution in [0.25, 0.3) is 0 Å². The first kappa shape index (κ1) is 25.9. The van der Waals surface area contributed by atoms with Gasteiger partial charge in [-0.05, 0) is 61.1 Å². The second kappa shape index (κ2) is 9.53. The molecular weight excluding hydrogens is 487 g/mol. The number of carbonyl (C=O) groups excluding carboxylic acids is 4. The third-order valence-electron chi connectivity index (χ3n) is 8.23. The first-order chi connectivity index (χ1) is 18.0. The average molecular weight is 521 g/mol. The summed E-state index contributed by atoms with van der Waals surface area (Å²) in [6.07, 6.45) is 0.912. The highest BCUT2D eigenvalue weighted by Gasteiger charge is 2.65. The standard InChI is InChI=1S/C29H33FN4O4/c1-17(2)21-15-29(21,31-26(36)18-9-11-19(12-10-18)32(3)4)28(38)33-14-13-23-25(33)24(35)16-34(23)27(37)20-7-5-6-8-22(20)30/h5-12,17,21,23,25H,13-16H2,1-4H3,(H,31,36)/t21?,23-,25+,29?/m1/s1. The van der Waals surface area contributed by atoms with Crippen molar-refractivity contribution in [1.29, 1.82) is 0 Å². The van der Waals surface area contributed by atoms with Gasteiger partial charge in [-0.1, -0.05) is 26.0 Å². The Labute approximate surface area is 221 Å². The van der Waals surface area contributed by atoms with Gasteiger partial charge in [0, 0.05) is 31.9 Å². The quantitative estimate of drug-likeness (QED) is 0.633. The predicted octanol–water partition coefficient (Wildman–Crippen LogP) is 2.73. The van der Waals surface area contributed by atoms with Crippen LogP contribution in [-0.4, -0.2) is 78.1 Å². The molecule has 3 fully saturated rings. The van der Waals surface area contributed by atoms with Gasteiger partial charge < -0.3 is 20.0 Å². The van der Waals surface area contributed by atoms with Crippen LogP contribution in [0.3, 0.4) is 0 Å². The van der Waals surface area contributed by atoms with Crippen molar-refractivity contribution in [2.45, 2.75) is 44.3 Å². The van der Waals surface area contributed by atoms with Crippen LogP contribution in [0, 0.1) is 17.7 Å². The number of carbonyl (C=O) groups is 4. The summed E-state index contributed by atoms with van der Waals surface area (Å²) in [6.45, 7) is 4.15. The smallest absolute Gasteiger partial charge is 0.257 e. The third-order valence-corrected chi connectivity index (χ3v) is 8.23. The SMILES string of the molecule is CC(C)C1CC1(NC(=O)c1ccc(N(C)C)cc1)C(=O)N1CC[C@@H]2[C@H]1C(=O)CN2C(=O)c1ccccc1F. The fourth-order valence-corrected chi connectivity index (χ4v) is 6.09. The predicted molar refractivity (Wildman–Crippen MR) is 140 cm³/mol. The van der Waals surface area contributed by atoms with Gasteiger partial charge in [-0.25, -0.2) is 4.39 Å². The second-order valence-electron chi connectivity index (χ2n) is 11.1. The van der Waals surface area contributed by atoms with E-state index in [1.165, 1.54) is 23.1 Å². The molecule has 1 saturated carbocycles. The van der Waals surface area contributed by atoms with Crippen molar-refractivity contribution in [3.05, 3.63) is 65.5 Å². The zero-order chi connectivity index (χ0) is 27.4. The number of halogens is 1. The Bertz CT molecular complexity index is 1290. The van der Waals surface area contributed by atoms with Gasteiger partial charge in [-0.2, -0.15) is 0 Å². The molecule has 2 aromatic carbocycles. The summed E-state index contributed by atoms with van der Waals surface area (Å²) in [6, 6.07) is 11.6. The number of rotatable bonds is 6. The number of fused-ring (bicyclic) bond motifs is 1. The van der Waals surface area contributed by atoms with E-state index in [2.05, 4.69) is 5.32 Å². The van der Waals surface area contributed by atoms with E-state index < -0.39 is 29.3 Å². The van der Waals surface area contributed by atoms with Crippen molar-refractivity contribution in [2.24, 2.45) is 11.8 Å². The highest BCUT2D eigenvalue weighted by Crippen LogP contribution is 2.51. The molecule has 8 nitrogen and oxygen atoms in total. The Morgan fingerprint density at radius 2 is 1.74 bits per heavy atom. The maximum absolute atomic E-state index is 14.3. The molecular formula is C29H33FN4O4. The molecule has 0 radical (unpaired) electrons. The second-order valence-corrected chi connectivity index (χ2v) is 11.1. The van der Waals surface area contributed by atoms with Crippen LogP contribution in [-0.2, 0) is 9.59 Å². The number of hydrogen-bond acceptors (Lipinski definition) is 5. The lowest BCUT2D eigenvalue weighted by molar-refractivity contribution is -0.139. The number of Topliss-reactive ketones (excluding diaryl/α,β-unsaturated/α-hetero) is 1. The van der Waals surface area contributed by atoms with Crippen LogP contribution < -0.4 is 10.2 Å². The molecule has 5 rings (SSSR count). The van der Waals surface area contributed by atoms with Gasteiger partial charge in [0.05, 0.1) is 18.2 Å². The van der Waals surface area contributed by atoms with E-state index in [9.17, 15) is 23.6 Å². The zero-order valence-electron chi connectivity index (χ0n) is 22.1. The van der Waals surface area contributed by atoms with Gasteiger partial charge in [-0.15, -0.1) is 0 Å². The molecule has 38 heavy (non-hydrogen) atoms. The van der Waals surface area contributed by atoms with Crippen molar-refractivity contribution < 1.29 is 23.6 Å². The molecule has 2 aliphatic heterocycles. The number of hydrogen-bond donors (Lipinski definition) is 1. The fraction of sp³-hybridized carbons (Fsp3) is 0.448. The molecule has 2 unspecified atom stereocenters. The highest BCUT2D eigenvalue weighted by atomic mass is 19.1. The number of nitrogens with one attached hydrogen (secondary N) is 1. The highest BCUT2D eigenvalue weighted by molar-refractivity contribution is 6.05. The van der Waals surface area contributed by atoms with Crippen molar-refractivity contribution in [1.82, 2.24) is 15.1 Å². The molecule has 1 N–H and O–H groups in total. The van der Waals surface area contributed by atoms with Crippen molar-refractivity contribution >= 4 is 29.2 Å². The molecule has 4 atom stereocenters. The number of benzene rings is 2. The summed E-state index contributed by atoms with van der Waals surface area (Å²) < 4.78 is 14.3. The van der Waals surface area contributed by atoms with Crippen LogP contribution >= 0.6 is 0 Å². The molecule has 2 aromatic rings. The molecule has 2 heterocycles. The van der Waals surface area contributed by atoms with Crippen molar-refractivity contribution in [2.75, 3.05) is 32.1 Å². The molecule has 3 aliphatic rings. The van der Waals surface area contributed by atoms with Gasteiger partial charge in [-0.3, -0.25) is 19.2 Å². The minimum Gasteiger partial charge on any atom is -0.378 e. The van der Waals surface area contributed by atoms with E-state index in [0.29, 0.717) is 24.9 Å². The Hall–Kier alpha value is -3.75. The van der Waals surface area contributed by atoms with Gasteiger partial charge in [0.15, 0.2) is 5.78 Å². The van der Waals surface area contributed by atoms with Crippen LogP contribution in [0.1, 0.15) is 47.4 Å². The molecule has 9 heteroatoms. The number of likely N-dealkylation sites (tertiary alicyclic amines) is 2. The third kappa shape index (κ3) is 4.23. The number of ketones is 1. The van der Waals surface area contributed by atoms with Gasteiger partial charge >= 0.3 is 0 Å². The summed E-state index contributed by atoms with van der Waals surface area (Å²) >= 11 is 0. The fourth-order valence-electron chi connectivity index (χ4n) is 6.09. The molecule has 2 saturated heterocycles. The lowest BCUT2D eigenvalue weighted by Gasteiger charge is -2.30. The van der Waals surface area contributed by atoms with Crippen LogP contribution in [0.4, 0.5) is 10.1 Å². The largest absolute Gasteiger partial charge is 0.378 e. The van der Waals surface area contributed by atoms with Crippen LogP contribution in [0.5, 0.6) is 0 Å². The van der Waals surface area contributed by atoms with Crippen LogP contribution in [0.2, 0.25) is 0 Å². The maximum atomic E-state index is 14.3. The van der Waals surface area contributed by atoms with E-state index in [1.54, 1.807) is 23.1 Å². The number of anilines is 1. The first-order valence-corrected chi connectivity index (χ1v) is 13.0. The summed E-state index contributed by atoms with van der Waals surface area (Å²) in [5.41, 5.74) is 0.229. The van der Waals surface area contributed by atoms with Crippen molar-refractivity contribution in [3.63, 3.8) is 0 Å². The summed E-state index contributed by atoms with van der Waals surface area (Å²) in [5.74, 6) is -1.97. The minimum absolute atomic E-state index is 0.0632. The Morgan fingerprint density at radius 3 is 2.34 bits per heavy atom. The van der Waals surface area contributed by atoms with E-state index in [4.69, 9.17) is 0 Å². The van der Waals surface area contributed by atoms with E-state index in [1.807, 2.05) is 45.0 Å². The lowest BCUT2D eigenvalue weighted by Crippen LogP contribution is -2.55. The molecule has 0 spiro atoms. The molecule has 0 bridgehead atoms. The maximum Gasteiger partial charge on any atom is 0.257 e. The first-order valence-electron chi connectivity index (χ1n) is 13.0. The minimum atomic E-state index is -1.09. The van der Waals surface area contributed by atoms with Gasteiger partial charge in [0.25, 0.3) is 11.8 Å². The van der Waals surface area contributed by atoms with E-state index >= 15 is 0 Å². The molecule has 0 aromatic heterocycles. The van der Waals surface area contributed by atoms with Gasteiger partial charge in [0.1, 0.15) is 17.4 Å². The molecule has 200 valence electrons. The Kier molecular flexibility index (Phi) is 6.49. The van der Waals surface area contributed by atoms with E-state index in [-0.39, 0.29) is 41.5 Å². The van der Waals surface area contributed by atoms with Crippen molar-refractivity contribution in [3.8, 4) is 0 Å². The summed E-state index contributed by atoms with van der Waals surface area (Å²) in [4.78, 5) is 58.4. The lowest BCUT2D eigenvalue weighted by atomic mass is 10.0. The Morgan fingerprint density at radius 1 is 1.05 bits per heavy atom. The Balaban J connectivity index is 1.36. The normalized spacial score (nSPS) is 25.9. The number of amides is 3. The topological polar surface area (TPSA) is 90.0 Å². The van der Waals surface area contributed by atoms with Gasteiger partial charge in [0.2, 0.25) is 5.91 Å². The zero-order valence-corrected chi connectivity index (χ0v) is 22.1. The van der Waals surface area contributed by atoms with E-state index in [0.717, 1.165) is 5.69 Å². The van der Waals surface area contributed by atoms with Crippen LogP contribution in [0.15, 0.2) is 48.5 Å². The molecule has 1 aliphatic carbocycles. The average Bonchev–Trinajstić information content (AvgIpc) is 3.31.